The van der Waals surface area contributed by atoms with E-state index in [0.29, 0.717) is 10.6 Å². The number of hydrogen-bond donors (Lipinski definition) is 0. The SMILES string of the molecule is COc1ccc(S(=O)(=O)c2cn(C(C)C)c3ccccc23)cc1. The van der Waals surface area contributed by atoms with Gasteiger partial charge in [0.1, 0.15) is 5.75 Å². The Morgan fingerprint density at radius 1 is 1.00 bits per heavy atom. The molecular formula is C18H19NO3S. The molecule has 5 heteroatoms. The second-order valence-corrected chi connectivity index (χ2v) is 7.61. The molecule has 0 saturated heterocycles. The van der Waals surface area contributed by atoms with Gasteiger partial charge in [0.2, 0.25) is 9.84 Å². The van der Waals surface area contributed by atoms with Gasteiger partial charge in [-0.2, -0.15) is 0 Å². The number of methoxy groups -OCH3 is 1. The van der Waals surface area contributed by atoms with Crippen LogP contribution in [0.25, 0.3) is 10.9 Å². The molecule has 0 aliphatic carbocycles. The van der Waals surface area contributed by atoms with Gasteiger partial charge in [0, 0.05) is 23.1 Å². The van der Waals surface area contributed by atoms with Gasteiger partial charge >= 0.3 is 0 Å². The number of rotatable bonds is 4. The molecule has 0 bridgehead atoms. The van der Waals surface area contributed by atoms with E-state index in [9.17, 15) is 8.42 Å². The Labute approximate surface area is 136 Å². The lowest BCUT2D eigenvalue weighted by atomic mass is 10.2. The number of aromatic nitrogens is 1. The monoisotopic (exact) mass is 329 g/mol. The van der Waals surface area contributed by atoms with Crippen LogP contribution in [0.5, 0.6) is 5.75 Å². The average Bonchev–Trinajstić information content (AvgIpc) is 2.95. The fourth-order valence-corrected chi connectivity index (χ4v) is 4.16. The van der Waals surface area contributed by atoms with E-state index >= 15 is 0 Å². The number of fused-ring (bicyclic) bond motifs is 1. The van der Waals surface area contributed by atoms with Crippen molar-refractivity contribution in [2.75, 3.05) is 7.11 Å². The van der Waals surface area contributed by atoms with Gasteiger partial charge in [-0.05, 0) is 44.2 Å². The third kappa shape index (κ3) is 2.61. The van der Waals surface area contributed by atoms with Crippen LogP contribution in [0.3, 0.4) is 0 Å². The van der Waals surface area contributed by atoms with Gasteiger partial charge < -0.3 is 9.30 Å². The molecule has 23 heavy (non-hydrogen) atoms. The van der Waals surface area contributed by atoms with Crippen molar-refractivity contribution in [1.82, 2.24) is 4.57 Å². The summed E-state index contributed by atoms with van der Waals surface area (Å²) in [6.07, 6.45) is 1.73. The molecule has 1 heterocycles. The fraction of sp³-hybridized carbons (Fsp3) is 0.222. The van der Waals surface area contributed by atoms with E-state index in [0.717, 1.165) is 10.9 Å². The summed E-state index contributed by atoms with van der Waals surface area (Å²) in [6.45, 7) is 4.08. The molecule has 1 aromatic heterocycles. The zero-order valence-electron chi connectivity index (χ0n) is 13.4. The molecule has 2 aromatic carbocycles. The number of sulfone groups is 1. The smallest absolute Gasteiger partial charge is 0.208 e. The van der Waals surface area contributed by atoms with Crippen LogP contribution < -0.4 is 4.74 Å². The molecule has 0 spiro atoms. The molecule has 4 nitrogen and oxygen atoms in total. The topological polar surface area (TPSA) is 48.3 Å². The highest BCUT2D eigenvalue weighted by molar-refractivity contribution is 7.91. The van der Waals surface area contributed by atoms with Gasteiger partial charge in [-0.15, -0.1) is 0 Å². The highest BCUT2D eigenvalue weighted by atomic mass is 32.2. The maximum atomic E-state index is 13.0. The van der Waals surface area contributed by atoms with Gasteiger partial charge in [-0.25, -0.2) is 8.42 Å². The lowest BCUT2D eigenvalue weighted by molar-refractivity contribution is 0.414. The summed E-state index contributed by atoms with van der Waals surface area (Å²) in [7, 11) is -2.02. The van der Waals surface area contributed by atoms with Gasteiger partial charge in [0.05, 0.1) is 16.9 Å². The molecule has 0 unspecified atom stereocenters. The Hall–Kier alpha value is -2.27. The zero-order chi connectivity index (χ0) is 16.6. The second kappa shape index (κ2) is 5.74. The van der Waals surface area contributed by atoms with Gasteiger partial charge in [-0.3, -0.25) is 0 Å². The molecule has 0 aliphatic heterocycles. The number of nitrogens with zero attached hydrogens (tertiary/aromatic N) is 1. The van der Waals surface area contributed by atoms with Crippen molar-refractivity contribution < 1.29 is 13.2 Å². The third-order valence-electron chi connectivity index (χ3n) is 3.92. The van der Waals surface area contributed by atoms with Crippen LogP contribution in [-0.4, -0.2) is 20.1 Å². The van der Waals surface area contributed by atoms with Crippen molar-refractivity contribution in [3.63, 3.8) is 0 Å². The third-order valence-corrected chi connectivity index (χ3v) is 5.72. The second-order valence-electron chi connectivity index (χ2n) is 5.69. The Morgan fingerprint density at radius 3 is 2.26 bits per heavy atom. The number of para-hydroxylation sites is 1. The molecule has 0 radical (unpaired) electrons. The summed E-state index contributed by atoms with van der Waals surface area (Å²) in [4.78, 5) is 0.608. The number of benzene rings is 2. The predicted octanol–water partition coefficient (Wildman–Crippen LogP) is 4.06. The van der Waals surface area contributed by atoms with Crippen LogP contribution >= 0.6 is 0 Å². The molecule has 3 aromatic rings. The fourth-order valence-electron chi connectivity index (χ4n) is 2.70. The summed E-state index contributed by atoms with van der Waals surface area (Å²) in [5.74, 6) is 0.633. The van der Waals surface area contributed by atoms with E-state index in [1.165, 1.54) is 0 Å². The largest absolute Gasteiger partial charge is 0.497 e. The zero-order valence-corrected chi connectivity index (χ0v) is 14.2. The molecule has 0 saturated carbocycles. The molecule has 0 N–H and O–H groups in total. The van der Waals surface area contributed by atoms with Crippen LogP contribution in [0.4, 0.5) is 0 Å². The molecule has 0 atom stereocenters. The van der Waals surface area contributed by atoms with Crippen molar-refractivity contribution in [2.24, 2.45) is 0 Å². The molecule has 3 rings (SSSR count). The summed E-state index contributed by atoms with van der Waals surface area (Å²) in [5, 5.41) is 0.747. The summed E-state index contributed by atoms with van der Waals surface area (Å²) >= 11 is 0. The first-order valence-corrected chi connectivity index (χ1v) is 8.92. The van der Waals surface area contributed by atoms with Crippen LogP contribution in [0.1, 0.15) is 19.9 Å². The molecule has 0 amide bonds. The molecule has 120 valence electrons. The van der Waals surface area contributed by atoms with Crippen molar-refractivity contribution in [3.05, 3.63) is 54.7 Å². The summed E-state index contributed by atoms with van der Waals surface area (Å²) < 4.78 is 33.1. The van der Waals surface area contributed by atoms with Crippen molar-refractivity contribution in [2.45, 2.75) is 29.7 Å². The molecule has 0 fully saturated rings. The quantitative estimate of drug-likeness (QED) is 0.725. The standard InChI is InChI=1S/C18H19NO3S/c1-13(2)19-12-18(16-6-4-5-7-17(16)19)23(20,21)15-10-8-14(22-3)9-11-15/h4-13H,1-3H3. The van der Waals surface area contributed by atoms with E-state index in [-0.39, 0.29) is 10.9 Å². The highest BCUT2D eigenvalue weighted by Gasteiger charge is 2.23. The minimum absolute atomic E-state index is 0.180. The van der Waals surface area contributed by atoms with Gasteiger partial charge in [0.15, 0.2) is 0 Å². The lowest BCUT2D eigenvalue weighted by Gasteiger charge is -2.08. The Balaban J connectivity index is 2.22. The van der Waals surface area contributed by atoms with Crippen molar-refractivity contribution in [1.29, 1.82) is 0 Å². The van der Waals surface area contributed by atoms with Crippen LogP contribution in [0.15, 0.2) is 64.5 Å². The van der Waals surface area contributed by atoms with Gasteiger partial charge in [0.25, 0.3) is 0 Å². The minimum atomic E-state index is -3.58. The minimum Gasteiger partial charge on any atom is -0.497 e. The number of ether oxygens (including phenoxy) is 1. The maximum absolute atomic E-state index is 13.0. The number of hydrogen-bond acceptors (Lipinski definition) is 3. The van der Waals surface area contributed by atoms with Crippen molar-refractivity contribution in [3.8, 4) is 5.75 Å². The predicted molar refractivity (Wildman–Crippen MR) is 90.8 cm³/mol. The Kier molecular flexibility index (Phi) is 3.90. The Morgan fingerprint density at radius 2 is 1.65 bits per heavy atom. The van der Waals surface area contributed by atoms with E-state index in [1.807, 2.05) is 42.7 Å². The van der Waals surface area contributed by atoms with Crippen LogP contribution in [0, 0.1) is 0 Å². The van der Waals surface area contributed by atoms with E-state index < -0.39 is 9.84 Å². The van der Waals surface area contributed by atoms with E-state index in [1.54, 1.807) is 37.6 Å². The first-order valence-electron chi connectivity index (χ1n) is 7.44. The highest BCUT2D eigenvalue weighted by Crippen LogP contribution is 2.32. The summed E-state index contributed by atoms with van der Waals surface area (Å²) in [6, 6.07) is 14.2. The lowest BCUT2D eigenvalue weighted by Crippen LogP contribution is -2.02. The Bertz CT molecular complexity index is 938. The molecular weight excluding hydrogens is 310 g/mol. The van der Waals surface area contributed by atoms with Crippen molar-refractivity contribution >= 4 is 20.7 Å². The normalized spacial score (nSPS) is 12.0. The first kappa shape index (κ1) is 15.6. The van der Waals surface area contributed by atoms with Crippen LogP contribution in [0.2, 0.25) is 0 Å². The van der Waals surface area contributed by atoms with Crippen LogP contribution in [-0.2, 0) is 9.84 Å². The van der Waals surface area contributed by atoms with E-state index in [4.69, 9.17) is 4.74 Å². The first-order chi connectivity index (χ1) is 10.9. The summed E-state index contributed by atoms with van der Waals surface area (Å²) in [5.41, 5.74) is 0.926. The van der Waals surface area contributed by atoms with Gasteiger partial charge in [-0.1, -0.05) is 18.2 Å². The molecule has 0 aliphatic rings. The average molecular weight is 329 g/mol. The maximum Gasteiger partial charge on any atom is 0.208 e. The van der Waals surface area contributed by atoms with E-state index in [2.05, 4.69) is 0 Å².